The number of aromatic nitrogens is 1. The van der Waals surface area contributed by atoms with Crippen LogP contribution in [0.1, 0.15) is 25.0 Å². The molecule has 0 aliphatic rings. The summed E-state index contributed by atoms with van der Waals surface area (Å²) in [6.45, 7) is 3.99. The van der Waals surface area contributed by atoms with E-state index in [-0.39, 0.29) is 5.91 Å². The Morgan fingerprint density at radius 3 is 3.00 bits per heavy atom. The van der Waals surface area contributed by atoms with Crippen molar-refractivity contribution < 1.29 is 9.21 Å². The van der Waals surface area contributed by atoms with E-state index in [9.17, 15) is 4.79 Å². The van der Waals surface area contributed by atoms with Gasteiger partial charge in [-0.2, -0.15) is 0 Å². The molecule has 0 saturated heterocycles. The smallest absolute Gasteiger partial charge is 0.220 e. The minimum Gasteiger partial charge on any atom is -0.444 e. The van der Waals surface area contributed by atoms with E-state index in [1.54, 1.807) is 13.1 Å². The second-order valence-electron chi connectivity index (χ2n) is 2.49. The van der Waals surface area contributed by atoms with Crippen molar-refractivity contribution in [2.24, 2.45) is 0 Å². The van der Waals surface area contributed by atoms with Gasteiger partial charge in [-0.1, -0.05) is 6.92 Å². The minimum atomic E-state index is 0.00542. The third kappa shape index (κ3) is 2.38. The first kappa shape index (κ1) is 8.77. The molecule has 0 unspecified atom stereocenters. The van der Waals surface area contributed by atoms with Crippen LogP contribution in [0.3, 0.4) is 0 Å². The zero-order valence-electron chi connectivity index (χ0n) is 7.26. The minimum absolute atomic E-state index is 0.00542. The number of hydrogen-bond acceptors (Lipinski definition) is 3. The first-order valence-electron chi connectivity index (χ1n) is 3.90. The van der Waals surface area contributed by atoms with Crippen LogP contribution >= 0.6 is 0 Å². The van der Waals surface area contributed by atoms with Crippen LogP contribution < -0.4 is 5.32 Å². The number of rotatable bonds is 3. The van der Waals surface area contributed by atoms with Gasteiger partial charge in [-0.3, -0.25) is 4.79 Å². The van der Waals surface area contributed by atoms with Crippen molar-refractivity contribution in [3.63, 3.8) is 0 Å². The average Bonchev–Trinajstić information content (AvgIpc) is 2.47. The number of oxazole rings is 1. The normalized spacial score (nSPS) is 9.83. The van der Waals surface area contributed by atoms with Crippen molar-refractivity contribution in [1.29, 1.82) is 0 Å². The summed E-state index contributed by atoms with van der Waals surface area (Å²) in [5.74, 6) is 1.32. The van der Waals surface area contributed by atoms with E-state index in [0.29, 0.717) is 18.9 Å². The van der Waals surface area contributed by atoms with E-state index < -0.39 is 0 Å². The number of carbonyl (C=O) groups is 1. The number of carbonyl (C=O) groups excluding carboxylic acids is 1. The number of hydrogen-bond donors (Lipinski definition) is 1. The van der Waals surface area contributed by atoms with Gasteiger partial charge in [-0.05, 0) is 6.92 Å². The van der Waals surface area contributed by atoms with E-state index in [4.69, 9.17) is 4.42 Å². The summed E-state index contributed by atoms with van der Waals surface area (Å²) in [5, 5.41) is 2.67. The van der Waals surface area contributed by atoms with Crippen molar-refractivity contribution in [3.8, 4) is 0 Å². The van der Waals surface area contributed by atoms with Crippen molar-refractivity contribution in [1.82, 2.24) is 10.3 Å². The highest BCUT2D eigenvalue weighted by Crippen LogP contribution is 2.00. The second-order valence-corrected chi connectivity index (χ2v) is 2.49. The third-order valence-corrected chi connectivity index (χ3v) is 1.43. The highest BCUT2D eigenvalue weighted by molar-refractivity contribution is 5.75. The highest BCUT2D eigenvalue weighted by atomic mass is 16.4. The Morgan fingerprint density at radius 2 is 2.50 bits per heavy atom. The topological polar surface area (TPSA) is 55.1 Å². The molecule has 66 valence electrons. The van der Waals surface area contributed by atoms with E-state index in [2.05, 4.69) is 10.3 Å². The Morgan fingerprint density at radius 1 is 1.75 bits per heavy atom. The largest absolute Gasteiger partial charge is 0.444 e. The number of amides is 1. The van der Waals surface area contributed by atoms with Gasteiger partial charge in [-0.15, -0.1) is 0 Å². The molecule has 0 saturated carbocycles. The fourth-order valence-corrected chi connectivity index (χ4v) is 0.782. The molecule has 1 aromatic rings. The van der Waals surface area contributed by atoms with Crippen molar-refractivity contribution in [2.75, 3.05) is 0 Å². The molecular weight excluding hydrogens is 156 g/mol. The Kier molecular flexibility index (Phi) is 2.85. The van der Waals surface area contributed by atoms with Gasteiger partial charge < -0.3 is 9.73 Å². The standard InChI is InChI=1S/C8H12N2O2/c1-3-7(11)9-5-8-10-4-6(2)12-8/h4H,3,5H2,1-2H3,(H,9,11). The molecule has 1 rings (SSSR count). The molecule has 0 fully saturated rings. The molecule has 0 aliphatic heterocycles. The molecule has 0 atom stereocenters. The zero-order valence-corrected chi connectivity index (χ0v) is 7.26. The van der Waals surface area contributed by atoms with Crippen LogP contribution in [0.15, 0.2) is 10.6 Å². The highest BCUT2D eigenvalue weighted by Gasteiger charge is 2.01. The first-order valence-corrected chi connectivity index (χ1v) is 3.90. The van der Waals surface area contributed by atoms with Crippen LogP contribution in [0.5, 0.6) is 0 Å². The van der Waals surface area contributed by atoms with Gasteiger partial charge in [0.2, 0.25) is 11.8 Å². The summed E-state index contributed by atoms with van der Waals surface area (Å²) in [7, 11) is 0. The lowest BCUT2D eigenvalue weighted by Gasteiger charge is -1.97. The predicted molar refractivity (Wildman–Crippen MR) is 43.4 cm³/mol. The van der Waals surface area contributed by atoms with Gasteiger partial charge in [0.05, 0.1) is 12.7 Å². The lowest BCUT2D eigenvalue weighted by molar-refractivity contribution is -0.121. The van der Waals surface area contributed by atoms with Crippen LogP contribution in [0.4, 0.5) is 0 Å². The number of aryl methyl sites for hydroxylation is 1. The Bertz CT molecular complexity index is 268. The monoisotopic (exact) mass is 168 g/mol. The average molecular weight is 168 g/mol. The lowest BCUT2D eigenvalue weighted by atomic mass is 10.4. The molecule has 0 radical (unpaired) electrons. The maximum Gasteiger partial charge on any atom is 0.220 e. The van der Waals surface area contributed by atoms with Gasteiger partial charge in [-0.25, -0.2) is 4.98 Å². The van der Waals surface area contributed by atoms with E-state index in [1.165, 1.54) is 0 Å². The summed E-state index contributed by atoms with van der Waals surface area (Å²) in [5.41, 5.74) is 0. The maximum atomic E-state index is 10.8. The summed E-state index contributed by atoms with van der Waals surface area (Å²) < 4.78 is 5.15. The maximum absolute atomic E-state index is 10.8. The molecule has 0 aromatic carbocycles. The van der Waals surface area contributed by atoms with Crippen molar-refractivity contribution in [2.45, 2.75) is 26.8 Å². The van der Waals surface area contributed by atoms with Crippen LogP contribution in [0, 0.1) is 6.92 Å². The lowest BCUT2D eigenvalue weighted by Crippen LogP contribution is -2.21. The molecule has 4 nitrogen and oxygen atoms in total. The van der Waals surface area contributed by atoms with Gasteiger partial charge in [0.15, 0.2) is 0 Å². The summed E-state index contributed by atoms with van der Waals surface area (Å²) in [4.78, 5) is 14.8. The van der Waals surface area contributed by atoms with Crippen LogP contribution in [0.2, 0.25) is 0 Å². The fraction of sp³-hybridized carbons (Fsp3) is 0.500. The van der Waals surface area contributed by atoms with Crippen LogP contribution in [-0.4, -0.2) is 10.9 Å². The predicted octanol–water partition coefficient (Wildman–Crippen LogP) is 1.01. The molecule has 1 amide bonds. The number of nitrogens with one attached hydrogen (secondary N) is 1. The van der Waals surface area contributed by atoms with Crippen LogP contribution in [0.25, 0.3) is 0 Å². The van der Waals surface area contributed by atoms with E-state index >= 15 is 0 Å². The number of nitrogens with zero attached hydrogens (tertiary/aromatic N) is 1. The Labute approximate surface area is 71.0 Å². The quantitative estimate of drug-likeness (QED) is 0.732. The van der Waals surface area contributed by atoms with Crippen LogP contribution in [-0.2, 0) is 11.3 Å². The van der Waals surface area contributed by atoms with Crippen molar-refractivity contribution >= 4 is 5.91 Å². The summed E-state index contributed by atoms with van der Waals surface area (Å²) in [6.07, 6.45) is 2.12. The first-order chi connectivity index (χ1) is 5.72. The third-order valence-electron chi connectivity index (χ3n) is 1.43. The van der Waals surface area contributed by atoms with E-state index in [0.717, 1.165) is 5.76 Å². The molecule has 1 N–H and O–H groups in total. The SMILES string of the molecule is CCC(=O)NCc1ncc(C)o1. The molecular formula is C8H12N2O2. The molecule has 0 aliphatic carbocycles. The zero-order chi connectivity index (χ0) is 8.97. The molecule has 1 aromatic heterocycles. The second kappa shape index (κ2) is 3.90. The fourth-order valence-electron chi connectivity index (χ4n) is 0.782. The Balaban J connectivity index is 2.38. The van der Waals surface area contributed by atoms with Gasteiger partial charge >= 0.3 is 0 Å². The van der Waals surface area contributed by atoms with Gasteiger partial charge in [0, 0.05) is 6.42 Å². The van der Waals surface area contributed by atoms with Gasteiger partial charge in [0.1, 0.15) is 5.76 Å². The molecule has 1 heterocycles. The van der Waals surface area contributed by atoms with E-state index in [1.807, 2.05) is 6.92 Å². The van der Waals surface area contributed by atoms with Gasteiger partial charge in [0.25, 0.3) is 0 Å². The summed E-state index contributed by atoms with van der Waals surface area (Å²) >= 11 is 0. The Hall–Kier alpha value is -1.32. The summed E-state index contributed by atoms with van der Waals surface area (Å²) in [6, 6.07) is 0. The molecule has 0 spiro atoms. The molecule has 0 bridgehead atoms. The molecule has 4 heteroatoms. The van der Waals surface area contributed by atoms with Crippen molar-refractivity contribution in [3.05, 3.63) is 17.8 Å². The molecule has 12 heavy (non-hydrogen) atoms.